The van der Waals surface area contributed by atoms with Gasteiger partial charge < -0.3 is 4.74 Å². The lowest BCUT2D eigenvalue weighted by Crippen LogP contribution is -2.34. The number of ether oxygens (including phenoxy) is 1. The summed E-state index contributed by atoms with van der Waals surface area (Å²) in [4.78, 5) is 0. The average molecular weight is 255 g/mol. The van der Waals surface area contributed by atoms with Crippen LogP contribution in [0.15, 0.2) is 35.7 Å². The third kappa shape index (κ3) is 5.63. The molecular weight excluding hydrogens is 238 g/mol. The summed E-state index contributed by atoms with van der Waals surface area (Å²) in [5, 5.41) is 1.16. The van der Waals surface area contributed by atoms with Crippen LogP contribution in [0.1, 0.15) is 12.5 Å². The fourth-order valence-corrected chi connectivity index (χ4v) is 2.38. The van der Waals surface area contributed by atoms with Crippen molar-refractivity contribution in [3.05, 3.63) is 41.3 Å². The maximum atomic E-state index is 11.6. The molecule has 0 fully saturated rings. The van der Waals surface area contributed by atoms with E-state index < -0.39 is 10.0 Å². The van der Waals surface area contributed by atoms with Crippen LogP contribution in [0.3, 0.4) is 0 Å². The van der Waals surface area contributed by atoms with E-state index in [2.05, 4.69) is 4.72 Å². The van der Waals surface area contributed by atoms with Gasteiger partial charge in [-0.25, -0.2) is 13.1 Å². The Balaban J connectivity index is 2.64. The Hall–Kier alpha value is -1.17. The molecule has 5 heteroatoms. The van der Waals surface area contributed by atoms with E-state index >= 15 is 0 Å². The van der Waals surface area contributed by atoms with Gasteiger partial charge in [0.15, 0.2) is 0 Å². The molecule has 1 aromatic rings. The Labute approximate surface area is 102 Å². The molecule has 0 aliphatic carbocycles. The maximum Gasteiger partial charge on any atom is 0.234 e. The molecule has 0 aromatic heterocycles. The Morgan fingerprint density at radius 2 is 2.00 bits per heavy atom. The summed E-state index contributed by atoms with van der Waals surface area (Å²) in [5.41, 5.74) is 0.845. The number of benzene rings is 1. The lowest BCUT2D eigenvalue weighted by Gasteiger charge is -2.10. The molecule has 0 saturated carbocycles. The van der Waals surface area contributed by atoms with Gasteiger partial charge in [-0.1, -0.05) is 30.3 Å². The molecule has 0 spiro atoms. The standard InChI is InChI=1S/C12H17NO3S/c1-11(10-16-2)13-17(14,15)9-8-12-6-4-3-5-7-12/h3-9,11,13H,10H2,1-2H3/b9-8+. The minimum absolute atomic E-state index is 0.245. The summed E-state index contributed by atoms with van der Waals surface area (Å²) < 4.78 is 30.6. The second-order valence-electron chi connectivity index (χ2n) is 3.73. The molecule has 0 heterocycles. The lowest BCUT2D eigenvalue weighted by molar-refractivity contribution is 0.180. The van der Waals surface area contributed by atoms with Crippen LogP contribution in [0.4, 0.5) is 0 Å². The summed E-state index contributed by atoms with van der Waals surface area (Å²) in [6.07, 6.45) is 1.56. The SMILES string of the molecule is COCC(C)NS(=O)(=O)/C=C/c1ccccc1. The Bertz CT molecular complexity index is 454. The minimum Gasteiger partial charge on any atom is -0.383 e. The van der Waals surface area contributed by atoms with Crippen LogP contribution in [-0.2, 0) is 14.8 Å². The highest BCUT2D eigenvalue weighted by molar-refractivity contribution is 7.92. The van der Waals surface area contributed by atoms with Crippen LogP contribution in [0.5, 0.6) is 0 Å². The van der Waals surface area contributed by atoms with E-state index in [0.29, 0.717) is 6.61 Å². The first-order valence-corrected chi connectivity index (χ1v) is 6.82. The second kappa shape index (κ2) is 6.54. The zero-order valence-corrected chi connectivity index (χ0v) is 10.8. The van der Waals surface area contributed by atoms with Crippen LogP contribution in [-0.4, -0.2) is 28.2 Å². The van der Waals surface area contributed by atoms with Crippen LogP contribution in [0.25, 0.3) is 6.08 Å². The average Bonchev–Trinajstić information content (AvgIpc) is 2.27. The number of hydrogen-bond donors (Lipinski definition) is 1. The van der Waals surface area contributed by atoms with Crippen LogP contribution in [0, 0.1) is 0 Å². The van der Waals surface area contributed by atoms with Gasteiger partial charge in [-0.2, -0.15) is 0 Å². The van der Waals surface area contributed by atoms with Crippen molar-refractivity contribution >= 4 is 16.1 Å². The molecule has 94 valence electrons. The summed E-state index contributed by atoms with van der Waals surface area (Å²) in [6, 6.07) is 9.02. The highest BCUT2D eigenvalue weighted by atomic mass is 32.2. The van der Waals surface area contributed by atoms with E-state index in [0.717, 1.165) is 11.0 Å². The van der Waals surface area contributed by atoms with Gasteiger partial charge in [-0.05, 0) is 18.6 Å². The van der Waals surface area contributed by atoms with Gasteiger partial charge >= 0.3 is 0 Å². The third-order valence-corrected chi connectivity index (χ3v) is 3.25. The maximum absolute atomic E-state index is 11.6. The van der Waals surface area contributed by atoms with Crippen LogP contribution < -0.4 is 4.72 Å². The van der Waals surface area contributed by atoms with E-state index in [9.17, 15) is 8.42 Å². The number of sulfonamides is 1. The molecule has 1 N–H and O–H groups in total. The van der Waals surface area contributed by atoms with Crippen molar-refractivity contribution in [1.29, 1.82) is 0 Å². The molecule has 1 atom stereocenters. The topological polar surface area (TPSA) is 55.4 Å². The number of nitrogens with one attached hydrogen (secondary N) is 1. The van der Waals surface area contributed by atoms with Crippen molar-refractivity contribution in [1.82, 2.24) is 4.72 Å². The normalized spacial score (nSPS) is 14.0. The molecule has 17 heavy (non-hydrogen) atoms. The third-order valence-electron chi connectivity index (χ3n) is 2.02. The van der Waals surface area contributed by atoms with Gasteiger partial charge in [-0.3, -0.25) is 0 Å². The second-order valence-corrected chi connectivity index (χ2v) is 5.33. The number of methoxy groups -OCH3 is 1. The fraction of sp³-hybridized carbons (Fsp3) is 0.333. The van der Waals surface area contributed by atoms with Crippen molar-refractivity contribution in [2.45, 2.75) is 13.0 Å². The van der Waals surface area contributed by atoms with Crippen molar-refractivity contribution in [3.8, 4) is 0 Å². The molecule has 1 aromatic carbocycles. The highest BCUT2D eigenvalue weighted by Gasteiger charge is 2.10. The summed E-state index contributed by atoms with van der Waals surface area (Å²) in [6.45, 7) is 2.09. The molecule has 1 unspecified atom stereocenters. The van der Waals surface area contributed by atoms with E-state index in [1.165, 1.54) is 7.11 Å². The first-order valence-electron chi connectivity index (χ1n) is 5.28. The van der Waals surface area contributed by atoms with Crippen LogP contribution >= 0.6 is 0 Å². The predicted molar refractivity (Wildman–Crippen MR) is 68.9 cm³/mol. The van der Waals surface area contributed by atoms with Gasteiger partial charge in [0, 0.05) is 18.6 Å². The zero-order chi connectivity index (χ0) is 12.7. The summed E-state index contributed by atoms with van der Waals surface area (Å²) in [7, 11) is -1.88. The molecule has 1 rings (SSSR count). The van der Waals surface area contributed by atoms with Crippen LogP contribution in [0.2, 0.25) is 0 Å². The minimum atomic E-state index is -3.41. The predicted octanol–water partition coefficient (Wildman–Crippen LogP) is 1.61. The molecule has 0 bridgehead atoms. The lowest BCUT2D eigenvalue weighted by atomic mass is 10.2. The van der Waals surface area contributed by atoms with Crippen molar-refractivity contribution in [2.75, 3.05) is 13.7 Å². The van der Waals surface area contributed by atoms with Crippen molar-refractivity contribution in [2.24, 2.45) is 0 Å². The van der Waals surface area contributed by atoms with Gasteiger partial charge in [-0.15, -0.1) is 0 Å². The molecule has 0 saturated heterocycles. The molecular formula is C12H17NO3S. The monoisotopic (exact) mass is 255 g/mol. The first-order chi connectivity index (χ1) is 8.03. The van der Waals surface area contributed by atoms with Gasteiger partial charge in [0.05, 0.1) is 6.61 Å². The Kier molecular flexibility index (Phi) is 5.34. The molecule has 0 radical (unpaired) electrons. The highest BCUT2D eigenvalue weighted by Crippen LogP contribution is 2.03. The largest absolute Gasteiger partial charge is 0.383 e. The number of rotatable bonds is 6. The smallest absolute Gasteiger partial charge is 0.234 e. The fourth-order valence-electron chi connectivity index (χ4n) is 1.34. The number of hydrogen-bond acceptors (Lipinski definition) is 3. The van der Waals surface area contributed by atoms with E-state index in [1.807, 2.05) is 30.3 Å². The van der Waals surface area contributed by atoms with Gasteiger partial charge in [0.2, 0.25) is 10.0 Å². The molecule has 0 aliphatic heterocycles. The summed E-state index contributed by atoms with van der Waals surface area (Å²) >= 11 is 0. The Morgan fingerprint density at radius 1 is 1.35 bits per heavy atom. The van der Waals surface area contributed by atoms with E-state index in [-0.39, 0.29) is 6.04 Å². The zero-order valence-electron chi connectivity index (χ0n) is 9.96. The quantitative estimate of drug-likeness (QED) is 0.840. The molecule has 4 nitrogen and oxygen atoms in total. The molecule has 0 amide bonds. The van der Waals surface area contributed by atoms with E-state index in [4.69, 9.17) is 4.74 Å². The Morgan fingerprint density at radius 3 is 2.59 bits per heavy atom. The molecule has 0 aliphatic rings. The van der Waals surface area contributed by atoms with Crippen molar-refractivity contribution < 1.29 is 13.2 Å². The van der Waals surface area contributed by atoms with E-state index in [1.54, 1.807) is 13.0 Å². The van der Waals surface area contributed by atoms with Crippen molar-refractivity contribution in [3.63, 3.8) is 0 Å². The van der Waals surface area contributed by atoms with Gasteiger partial charge in [0.1, 0.15) is 0 Å². The first kappa shape index (κ1) is 13.9. The summed E-state index contributed by atoms with van der Waals surface area (Å²) in [5.74, 6) is 0. The van der Waals surface area contributed by atoms with Gasteiger partial charge in [0.25, 0.3) is 0 Å².